The first-order valence-corrected chi connectivity index (χ1v) is 4.12. The lowest BCUT2D eigenvalue weighted by Gasteiger charge is -1.96. The monoisotopic (exact) mass is 193 g/mol. The van der Waals surface area contributed by atoms with E-state index in [1.54, 1.807) is 19.1 Å². The zero-order chi connectivity index (χ0) is 10.1. The number of benzene rings is 1. The Labute approximate surface area is 79.2 Å². The largest absolute Gasteiger partial charge is 0.416 e. The van der Waals surface area contributed by atoms with Gasteiger partial charge in [-0.05, 0) is 31.2 Å². The summed E-state index contributed by atoms with van der Waals surface area (Å²) in [4.78, 5) is 13.4. The van der Waals surface area contributed by atoms with Crippen LogP contribution in [0.2, 0.25) is 0 Å². The minimum atomic E-state index is -0.498. The third-order valence-electron chi connectivity index (χ3n) is 1.96. The van der Waals surface area contributed by atoms with E-state index in [0.717, 1.165) is 5.56 Å². The Morgan fingerprint density at radius 3 is 2.43 bits per heavy atom. The van der Waals surface area contributed by atoms with Gasteiger partial charge in [-0.2, -0.15) is 0 Å². The van der Waals surface area contributed by atoms with Gasteiger partial charge in [-0.25, -0.2) is 9.18 Å². The molecule has 1 heterocycles. The summed E-state index contributed by atoms with van der Waals surface area (Å²) in [5.74, 6) is -0.305. The Morgan fingerprint density at radius 1 is 1.29 bits per heavy atom. The molecule has 4 heteroatoms. The smallest absolute Gasteiger partial charge is 0.413 e. The molecule has 2 rings (SSSR count). The van der Waals surface area contributed by atoms with Crippen LogP contribution in [-0.4, -0.2) is 4.98 Å². The van der Waals surface area contributed by atoms with Gasteiger partial charge in [0.05, 0.1) is 5.69 Å². The lowest BCUT2D eigenvalue weighted by atomic mass is 10.1. The summed E-state index contributed by atoms with van der Waals surface area (Å²) in [6, 6.07) is 5.84. The molecule has 14 heavy (non-hydrogen) atoms. The molecule has 3 nitrogen and oxygen atoms in total. The van der Waals surface area contributed by atoms with Crippen molar-refractivity contribution in [1.29, 1.82) is 0 Å². The normalized spacial score (nSPS) is 10.4. The van der Waals surface area contributed by atoms with Crippen LogP contribution in [0.3, 0.4) is 0 Å². The molecule has 0 bridgehead atoms. The molecule has 1 N–H and O–H groups in total. The molecule has 0 aliphatic heterocycles. The number of hydrogen-bond acceptors (Lipinski definition) is 2. The van der Waals surface area contributed by atoms with Crippen molar-refractivity contribution in [3.63, 3.8) is 0 Å². The summed E-state index contributed by atoms with van der Waals surface area (Å²) in [5, 5.41) is 0. The topological polar surface area (TPSA) is 46.0 Å². The van der Waals surface area contributed by atoms with Crippen LogP contribution in [0.15, 0.2) is 33.5 Å². The summed E-state index contributed by atoms with van der Waals surface area (Å²) in [7, 11) is 0. The van der Waals surface area contributed by atoms with E-state index in [4.69, 9.17) is 4.42 Å². The van der Waals surface area contributed by atoms with Crippen molar-refractivity contribution in [2.75, 3.05) is 0 Å². The highest BCUT2D eigenvalue weighted by atomic mass is 19.1. The maximum Gasteiger partial charge on any atom is 0.416 e. The molecule has 0 amide bonds. The predicted octanol–water partition coefficient (Wildman–Crippen LogP) is 2.08. The van der Waals surface area contributed by atoms with Crippen LogP contribution < -0.4 is 5.76 Å². The standard InChI is InChI=1S/C10H8FNO2/c1-6-9(12-10(13)14-6)7-2-4-8(11)5-3-7/h2-5H,1H3,(H,12,13). The molecule has 72 valence electrons. The quantitative estimate of drug-likeness (QED) is 0.753. The molecule has 0 spiro atoms. The van der Waals surface area contributed by atoms with Crippen molar-refractivity contribution >= 4 is 0 Å². The fourth-order valence-corrected chi connectivity index (χ4v) is 1.30. The summed E-state index contributed by atoms with van der Waals surface area (Å²) in [5.41, 5.74) is 1.32. The lowest BCUT2D eigenvalue weighted by Crippen LogP contribution is -1.94. The van der Waals surface area contributed by atoms with Gasteiger partial charge in [0.2, 0.25) is 0 Å². The summed E-state index contributed by atoms with van der Waals surface area (Å²) in [6.07, 6.45) is 0. The zero-order valence-electron chi connectivity index (χ0n) is 7.50. The van der Waals surface area contributed by atoms with E-state index in [1.807, 2.05) is 0 Å². The van der Waals surface area contributed by atoms with Gasteiger partial charge in [0.15, 0.2) is 0 Å². The van der Waals surface area contributed by atoms with Crippen molar-refractivity contribution in [2.24, 2.45) is 0 Å². The van der Waals surface area contributed by atoms with Gasteiger partial charge < -0.3 is 4.42 Å². The van der Waals surface area contributed by atoms with Crippen molar-refractivity contribution in [1.82, 2.24) is 4.98 Å². The van der Waals surface area contributed by atoms with Crippen LogP contribution in [-0.2, 0) is 0 Å². The molecule has 0 atom stereocenters. The highest BCUT2D eigenvalue weighted by Crippen LogP contribution is 2.19. The second kappa shape index (κ2) is 3.14. The number of halogens is 1. The van der Waals surface area contributed by atoms with E-state index in [1.165, 1.54) is 12.1 Å². The van der Waals surface area contributed by atoms with E-state index in [2.05, 4.69) is 4.98 Å². The van der Waals surface area contributed by atoms with E-state index in [9.17, 15) is 9.18 Å². The molecule has 0 aliphatic carbocycles. The molecule has 0 fully saturated rings. The molecule has 2 aromatic rings. The molecule has 0 saturated carbocycles. The van der Waals surface area contributed by atoms with Crippen LogP contribution in [0.1, 0.15) is 5.76 Å². The number of oxazole rings is 1. The average Bonchev–Trinajstić information content (AvgIpc) is 2.47. The maximum atomic E-state index is 12.6. The predicted molar refractivity (Wildman–Crippen MR) is 49.5 cm³/mol. The van der Waals surface area contributed by atoms with Gasteiger partial charge in [-0.3, -0.25) is 4.98 Å². The number of aromatic nitrogens is 1. The number of H-pyrrole nitrogens is 1. The second-order valence-corrected chi connectivity index (χ2v) is 2.95. The van der Waals surface area contributed by atoms with Crippen molar-refractivity contribution in [2.45, 2.75) is 6.92 Å². The van der Waals surface area contributed by atoms with Crippen LogP contribution in [0.5, 0.6) is 0 Å². The van der Waals surface area contributed by atoms with Gasteiger partial charge in [0.1, 0.15) is 11.6 Å². The molecule has 1 aromatic carbocycles. The Morgan fingerprint density at radius 2 is 1.93 bits per heavy atom. The summed E-state index contributed by atoms with van der Waals surface area (Å²) >= 11 is 0. The fraction of sp³-hybridized carbons (Fsp3) is 0.100. The molecule has 0 aliphatic rings. The van der Waals surface area contributed by atoms with Crippen LogP contribution in [0, 0.1) is 12.7 Å². The molecular weight excluding hydrogens is 185 g/mol. The first-order valence-electron chi connectivity index (χ1n) is 4.12. The first kappa shape index (κ1) is 8.74. The second-order valence-electron chi connectivity index (χ2n) is 2.95. The van der Waals surface area contributed by atoms with E-state index >= 15 is 0 Å². The number of nitrogens with one attached hydrogen (secondary N) is 1. The van der Waals surface area contributed by atoms with Gasteiger partial charge in [0, 0.05) is 5.56 Å². The highest BCUT2D eigenvalue weighted by Gasteiger charge is 2.07. The van der Waals surface area contributed by atoms with E-state index in [-0.39, 0.29) is 5.82 Å². The Hall–Kier alpha value is -1.84. The maximum absolute atomic E-state index is 12.6. The van der Waals surface area contributed by atoms with Crippen LogP contribution in [0.4, 0.5) is 4.39 Å². The average molecular weight is 193 g/mol. The van der Waals surface area contributed by atoms with Gasteiger partial charge in [-0.1, -0.05) is 0 Å². The number of hydrogen-bond donors (Lipinski definition) is 1. The SMILES string of the molecule is Cc1oc(=O)[nH]c1-c1ccc(F)cc1. The number of rotatable bonds is 1. The Bertz CT molecular complexity index is 496. The minimum absolute atomic E-state index is 0.308. The molecule has 0 radical (unpaired) electrons. The zero-order valence-corrected chi connectivity index (χ0v) is 7.50. The molecular formula is C10H8FNO2. The third-order valence-corrected chi connectivity index (χ3v) is 1.96. The van der Waals surface area contributed by atoms with Gasteiger partial charge in [-0.15, -0.1) is 0 Å². The van der Waals surface area contributed by atoms with Crippen molar-refractivity contribution in [3.05, 3.63) is 46.4 Å². The van der Waals surface area contributed by atoms with E-state index < -0.39 is 5.76 Å². The van der Waals surface area contributed by atoms with Gasteiger partial charge in [0.25, 0.3) is 0 Å². The van der Waals surface area contributed by atoms with Crippen molar-refractivity contribution in [3.8, 4) is 11.3 Å². The van der Waals surface area contributed by atoms with Gasteiger partial charge >= 0.3 is 5.76 Å². The third kappa shape index (κ3) is 1.46. The highest BCUT2D eigenvalue weighted by molar-refractivity contribution is 5.60. The minimum Gasteiger partial charge on any atom is -0.413 e. The molecule has 1 aromatic heterocycles. The van der Waals surface area contributed by atoms with Crippen LogP contribution >= 0.6 is 0 Å². The number of aromatic amines is 1. The number of aryl methyl sites for hydroxylation is 1. The Balaban J connectivity index is 2.54. The molecule has 0 saturated heterocycles. The molecule has 0 unspecified atom stereocenters. The lowest BCUT2D eigenvalue weighted by molar-refractivity contribution is 0.488. The summed E-state index contributed by atoms with van der Waals surface area (Å²) in [6.45, 7) is 1.68. The van der Waals surface area contributed by atoms with E-state index in [0.29, 0.717) is 11.5 Å². The fourth-order valence-electron chi connectivity index (χ4n) is 1.30. The summed E-state index contributed by atoms with van der Waals surface area (Å²) < 4.78 is 17.4. The Kier molecular flexibility index (Phi) is 1.96. The van der Waals surface area contributed by atoms with Crippen LogP contribution in [0.25, 0.3) is 11.3 Å². The first-order chi connectivity index (χ1) is 6.66. The van der Waals surface area contributed by atoms with Crippen molar-refractivity contribution < 1.29 is 8.81 Å².